The lowest BCUT2D eigenvalue weighted by atomic mass is 10.00. The second-order valence-corrected chi connectivity index (χ2v) is 4.93. The summed E-state index contributed by atoms with van der Waals surface area (Å²) in [5.41, 5.74) is 3.59. The number of nitrogens with two attached hydrogens (primary N) is 1. The zero-order chi connectivity index (χ0) is 13.8. The Labute approximate surface area is 113 Å². The van der Waals surface area contributed by atoms with Gasteiger partial charge in [-0.25, -0.2) is 13.2 Å². The first-order chi connectivity index (χ1) is 9.13. The topological polar surface area (TPSA) is 38.0 Å². The lowest BCUT2D eigenvalue weighted by Gasteiger charge is -2.17. The Morgan fingerprint density at radius 2 is 1.95 bits per heavy atom. The fraction of sp³-hybridized carbons (Fsp3) is 0.231. The standard InChI is InChI=1S/C13H13F3N2S/c14-10-3-2-9(12(15)13(10)16)11(18-17)4-1-8-5-6-19-7-8/h2-3,5-7,11,18H,1,4,17H2. The van der Waals surface area contributed by atoms with Crippen LogP contribution in [0.15, 0.2) is 29.0 Å². The molecular formula is C13H13F3N2S. The third-order valence-electron chi connectivity index (χ3n) is 2.94. The quantitative estimate of drug-likeness (QED) is 0.503. The molecule has 0 aliphatic carbocycles. The van der Waals surface area contributed by atoms with Gasteiger partial charge in [0, 0.05) is 11.6 Å². The van der Waals surface area contributed by atoms with Crippen molar-refractivity contribution in [2.75, 3.05) is 0 Å². The van der Waals surface area contributed by atoms with E-state index >= 15 is 0 Å². The first kappa shape index (κ1) is 14.0. The predicted molar refractivity (Wildman–Crippen MR) is 69.0 cm³/mol. The molecule has 3 N–H and O–H groups in total. The molecule has 0 spiro atoms. The van der Waals surface area contributed by atoms with Gasteiger partial charge >= 0.3 is 0 Å². The van der Waals surface area contributed by atoms with E-state index in [4.69, 9.17) is 5.84 Å². The van der Waals surface area contributed by atoms with E-state index in [1.54, 1.807) is 11.3 Å². The lowest BCUT2D eigenvalue weighted by Crippen LogP contribution is -2.29. The number of halogens is 3. The van der Waals surface area contributed by atoms with Crippen molar-refractivity contribution < 1.29 is 13.2 Å². The number of nitrogens with one attached hydrogen (secondary N) is 1. The van der Waals surface area contributed by atoms with E-state index in [0.29, 0.717) is 12.8 Å². The first-order valence-electron chi connectivity index (χ1n) is 5.74. The zero-order valence-corrected chi connectivity index (χ0v) is 10.8. The SMILES string of the molecule is NNC(CCc1ccsc1)c1ccc(F)c(F)c1F. The number of hydrogen-bond donors (Lipinski definition) is 2. The van der Waals surface area contributed by atoms with Crippen molar-refractivity contribution >= 4 is 11.3 Å². The Kier molecular flexibility index (Phi) is 4.57. The van der Waals surface area contributed by atoms with Gasteiger partial charge in [0.05, 0.1) is 0 Å². The van der Waals surface area contributed by atoms with Crippen LogP contribution >= 0.6 is 11.3 Å². The van der Waals surface area contributed by atoms with Crippen LogP contribution in [0.4, 0.5) is 13.2 Å². The highest BCUT2D eigenvalue weighted by Gasteiger charge is 2.19. The van der Waals surface area contributed by atoms with Crippen molar-refractivity contribution in [3.8, 4) is 0 Å². The average Bonchev–Trinajstić information content (AvgIpc) is 2.92. The van der Waals surface area contributed by atoms with Crippen LogP contribution in [0.3, 0.4) is 0 Å². The van der Waals surface area contributed by atoms with Crippen LogP contribution in [0.2, 0.25) is 0 Å². The largest absolute Gasteiger partial charge is 0.271 e. The number of hydrazine groups is 1. The van der Waals surface area contributed by atoms with Crippen LogP contribution in [0.1, 0.15) is 23.6 Å². The van der Waals surface area contributed by atoms with E-state index < -0.39 is 23.5 Å². The molecule has 2 rings (SSSR count). The summed E-state index contributed by atoms with van der Waals surface area (Å²) >= 11 is 1.57. The molecule has 0 saturated carbocycles. The predicted octanol–water partition coefficient (Wildman–Crippen LogP) is 3.30. The Morgan fingerprint density at radius 1 is 1.16 bits per heavy atom. The van der Waals surface area contributed by atoms with Crippen LogP contribution in [-0.2, 0) is 6.42 Å². The van der Waals surface area contributed by atoms with Gasteiger partial charge in [0.1, 0.15) is 0 Å². The van der Waals surface area contributed by atoms with Crippen LogP contribution in [0.25, 0.3) is 0 Å². The number of aryl methyl sites for hydroxylation is 1. The molecule has 1 atom stereocenters. The molecule has 1 aromatic heterocycles. The fourth-order valence-electron chi connectivity index (χ4n) is 1.88. The highest BCUT2D eigenvalue weighted by Crippen LogP contribution is 2.24. The summed E-state index contributed by atoms with van der Waals surface area (Å²) in [7, 11) is 0. The van der Waals surface area contributed by atoms with E-state index in [-0.39, 0.29) is 5.56 Å². The van der Waals surface area contributed by atoms with Gasteiger partial charge in [-0.05, 0) is 41.3 Å². The lowest BCUT2D eigenvalue weighted by molar-refractivity contribution is 0.419. The second kappa shape index (κ2) is 6.18. The Hall–Kier alpha value is -1.37. The van der Waals surface area contributed by atoms with Crippen LogP contribution < -0.4 is 11.3 Å². The maximum Gasteiger partial charge on any atom is 0.194 e. The Morgan fingerprint density at radius 3 is 2.58 bits per heavy atom. The number of hydrogen-bond acceptors (Lipinski definition) is 3. The normalized spacial score (nSPS) is 12.6. The summed E-state index contributed by atoms with van der Waals surface area (Å²) in [6.45, 7) is 0. The smallest absolute Gasteiger partial charge is 0.194 e. The van der Waals surface area contributed by atoms with Gasteiger partial charge in [-0.2, -0.15) is 11.3 Å². The molecule has 6 heteroatoms. The molecule has 0 bridgehead atoms. The molecule has 2 aromatic rings. The van der Waals surface area contributed by atoms with Gasteiger partial charge in [0.2, 0.25) is 0 Å². The Bertz CT molecular complexity index is 543. The summed E-state index contributed by atoms with van der Waals surface area (Å²) < 4.78 is 39.7. The van der Waals surface area contributed by atoms with Crippen molar-refractivity contribution in [1.29, 1.82) is 0 Å². The van der Waals surface area contributed by atoms with E-state index in [1.807, 2.05) is 16.8 Å². The summed E-state index contributed by atoms with van der Waals surface area (Å²) in [6.07, 6.45) is 1.17. The van der Waals surface area contributed by atoms with Crippen LogP contribution in [0, 0.1) is 17.5 Å². The van der Waals surface area contributed by atoms with E-state index in [9.17, 15) is 13.2 Å². The molecule has 1 aromatic carbocycles. The summed E-state index contributed by atoms with van der Waals surface area (Å²) in [5.74, 6) is 1.52. The number of thiophene rings is 1. The van der Waals surface area contributed by atoms with Crippen LogP contribution in [0.5, 0.6) is 0 Å². The maximum absolute atomic E-state index is 13.7. The number of rotatable bonds is 5. The minimum absolute atomic E-state index is 0.0385. The molecule has 0 amide bonds. The first-order valence-corrected chi connectivity index (χ1v) is 6.68. The van der Waals surface area contributed by atoms with E-state index in [2.05, 4.69) is 5.43 Å². The van der Waals surface area contributed by atoms with Crippen molar-refractivity contribution in [3.05, 3.63) is 57.5 Å². The highest BCUT2D eigenvalue weighted by molar-refractivity contribution is 7.07. The minimum atomic E-state index is -1.46. The number of benzene rings is 1. The molecule has 0 radical (unpaired) electrons. The van der Waals surface area contributed by atoms with Gasteiger partial charge < -0.3 is 0 Å². The second-order valence-electron chi connectivity index (χ2n) is 4.15. The molecule has 0 fully saturated rings. The van der Waals surface area contributed by atoms with E-state index in [0.717, 1.165) is 11.6 Å². The van der Waals surface area contributed by atoms with Gasteiger partial charge in [0.15, 0.2) is 17.5 Å². The summed E-state index contributed by atoms with van der Waals surface area (Å²) in [4.78, 5) is 0. The zero-order valence-electron chi connectivity index (χ0n) is 10.00. The third kappa shape index (κ3) is 3.15. The fourth-order valence-corrected chi connectivity index (χ4v) is 2.59. The molecule has 1 unspecified atom stereocenters. The molecule has 0 aliphatic heterocycles. The summed E-state index contributed by atoms with van der Waals surface area (Å²) in [5, 5.41) is 3.92. The molecule has 2 nitrogen and oxygen atoms in total. The third-order valence-corrected chi connectivity index (χ3v) is 3.68. The van der Waals surface area contributed by atoms with Gasteiger partial charge in [-0.15, -0.1) is 0 Å². The van der Waals surface area contributed by atoms with Crippen molar-refractivity contribution in [2.45, 2.75) is 18.9 Å². The van der Waals surface area contributed by atoms with Gasteiger partial charge in [-0.3, -0.25) is 11.3 Å². The minimum Gasteiger partial charge on any atom is -0.271 e. The highest BCUT2D eigenvalue weighted by atomic mass is 32.1. The van der Waals surface area contributed by atoms with Crippen molar-refractivity contribution in [3.63, 3.8) is 0 Å². The van der Waals surface area contributed by atoms with Gasteiger partial charge in [-0.1, -0.05) is 6.07 Å². The molecular weight excluding hydrogens is 273 g/mol. The molecule has 0 saturated heterocycles. The van der Waals surface area contributed by atoms with Gasteiger partial charge in [0.25, 0.3) is 0 Å². The Balaban J connectivity index is 2.15. The average molecular weight is 286 g/mol. The van der Waals surface area contributed by atoms with Crippen molar-refractivity contribution in [2.24, 2.45) is 5.84 Å². The molecule has 0 aliphatic rings. The molecule has 102 valence electrons. The maximum atomic E-state index is 13.7. The summed E-state index contributed by atoms with van der Waals surface area (Å²) in [6, 6.07) is 3.52. The monoisotopic (exact) mass is 286 g/mol. The van der Waals surface area contributed by atoms with Crippen molar-refractivity contribution in [1.82, 2.24) is 5.43 Å². The molecule has 1 heterocycles. The van der Waals surface area contributed by atoms with E-state index in [1.165, 1.54) is 6.07 Å². The molecule has 19 heavy (non-hydrogen) atoms. The van der Waals surface area contributed by atoms with Crippen LogP contribution in [-0.4, -0.2) is 0 Å².